The van der Waals surface area contributed by atoms with Gasteiger partial charge in [0, 0.05) is 18.4 Å². The summed E-state index contributed by atoms with van der Waals surface area (Å²) in [4.78, 5) is 4.47. The van der Waals surface area contributed by atoms with Crippen LogP contribution in [0.2, 0.25) is 0 Å². The molecule has 2 saturated carbocycles. The molecule has 4 nitrogen and oxygen atoms in total. The Labute approximate surface area is 100 Å². The first-order valence-electron chi connectivity index (χ1n) is 6.47. The summed E-state index contributed by atoms with van der Waals surface area (Å²) in [6.07, 6.45) is 11.1. The molecule has 0 spiro atoms. The van der Waals surface area contributed by atoms with Gasteiger partial charge in [-0.1, -0.05) is 0 Å². The maximum Gasteiger partial charge on any atom is 0.152 e. The van der Waals surface area contributed by atoms with Crippen LogP contribution in [-0.2, 0) is 0 Å². The Bertz CT molecular complexity index is 527. The molecule has 17 heavy (non-hydrogen) atoms. The van der Waals surface area contributed by atoms with Crippen LogP contribution in [0.5, 0.6) is 0 Å². The summed E-state index contributed by atoms with van der Waals surface area (Å²) in [5.74, 6) is 2.76. The highest BCUT2D eigenvalue weighted by atomic mass is 15.2. The molecule has 2 aliphatic rings. The van der Waals surface area contributed by atoms with Gasteiger partial charge in [0.05, 0.1) is 6.20 Å². The molecule has 88 valence electrons. The van der Waals surface area contributed by atoms with Crippen molar-refractivity contribution < 1.29 is 0 Å². The number of hydrogen-bond acceptors (Lipinski definition) is 3. The van der Waals surface area contributed by atoms with Crippen molar-refractivity contribution in [3.63, 3.8) is 0 Å². The molecule has 2 heterocycles. The number of anilines is 1. The van der Waals surface area contributed by atoms with Gasteiger partial charge in [-0.15, -0.1) is 0 Å². The van der Waals surface area contributed by atoms with E-state index in [-0.39, 0.29) is 0 Å². The summed E-state index contributed by atoms with van der Waals surface area (Å²) in [6, 6.07) is 2.66. The van der Waals surface area contributed by atoms with E-state index in [9.17, 15) is 0 Å². The molecule has 0 amide bonds. The lowest BCUT2D eigenvalue weighted by Gasteiger charge is -2.18. The minimum atomic E-state index is 0.642. The van der Waals surface area contributed by atoms with Crippen molar-refractivity contribution in [3.8, 4) is 0 Å². The molecule has 2 aromatic rings. The largest absolute Gasteiger partial charge is 0.365 e. The second kappa shape index (κ2) is 3.45. The molecule has 2 fully saturated rings. The van der Waals surface area contributed by atoms with Crippen molar-refractivity contribution in [3.05, 3.63) is 24.7 Å². The zero-order chi connectivity index (χ0) is 11.2. The van der Waals surface area contributed by atoms with Crippen LogP contribution < -0.4 is 5.32 Å². The Morgan fingerprint density at radius 2 is 1.94 bits per heavy atom. The molecule has 0 saturated heterocycles. The van der Waals surface area contributed by atoms with Gasteiger partial charge in [0.25, 0.3) is 0 Å². The van der Waals surface area contributed by atoms with Gasteiger partial charge in [-0.05, 0) is 43.6 Å². The molecule has 2 aromatic heterocycles. The summed E-state index contributed by atoms with van der Waals surface area (Å²) in [7, 11) is 0. The quantitative estimate of drug-likeness (QED) is 0.873. The van der Waals surface area contributed by atoms with Crippen LogP contribution in [0.15, 0.2) is 24.7 Å². The van der Waals surface area contributed by atoms with Gasteiger partial charge in [0.1, 0.15) is 5.52 Å². The summed E-state index contributed by atoms with van der Waals surface area (Å²) < 4.78 is 1.88. The highest BCUT2D eigenvalue weighted by molar-refractivity contribution is 5.67. The fourth-order valence-corrected chi connectivity index (χ4v) is 2.66. The summed E-state index contributed by atoms with van der Waals surface area (Å²) in [5, 5.41) is 7.90. The fourth-order valence-electron chi connectivity index (χ4n) is 2.66. The van der Waals surface area contributed by atoms with Crippen LogP contribution in [0, 0.1) is 11.8 Å². The summed E-state index contributed by atoms with van der Waals surface area (Å²) in [6.45, 7) is 0. The number of rotatable bonds is 4. The van der Waals surface area contributed by atoms with E-state index in [0.717, 1.165) is 23.2 Å². The maximum atomic E-state index is 4.47. The Morgan fingerprint density at radius 3 is 2.65 bits per heavy atom. The van der Waals surface area contributed by atoms with Gasteiger partial charge in [-0.2, -0.15) is 5.10 Å². The summed E-state index contributed by atoms with van der Waals surface area (Å²) >= 11 is 0. The topological polar surface area (TPSA) is 42.2 Å². The third kappa shape index (κ3) is 1.68. The van der Waals surface area contributed by atoms with Crippen molar-refractivity contribution in [2.75, 3.05) is 5.32 Å². The zero-order valence-corrected chi connectivity index (χ0v) is 9.71. The van der Waals surface area contributed by atoms with Crippen LogP contribution in [0.25, 0.3) is 5.52 Å². The highest BCUT2D eigenvalue weighted by Crippen LogP contribution is 2.45. The van der Waals surface area contributed by atoms with E-state index < -0.39 is 0 Å². The molecular formula is C13H16N4. The van der Waals surface area contributed by atoms with Gasteiger partial charge < -0.3 is 5.32 Å². The Hall–Kier alpha value is -1.58. The lowest BCUT2D eigenvalue weighted by atomic mass is 10.1. The first-order valence-corrected chi connectivity index (χ1v) is 6.47. The lowest BCUT2D eigenvalue weighted by molar-refractivity contribution is 0.566. The van der Waals surface area contributed by atoms with Crippen molar-refractivity contribution in [1.82, 2.24) is 14.6 Å². The van der Waals surface area contributed by atoms with E-state index in [4.69, 9.17) is 0 Å². The predicted molar refractivity (Wildman–Crippen MR) is 65.8 cm³/mol. The van der Waals surface area contributed by atoms with E-state index in [2.05, 4.69) is 15.4 Å². The first-order chi connectivity index (χ1) is 8.42. The maximum absolute atomic E-state index is 4.47. The van der Waals surface area contributed by atoms with Crippen molar-refractivity contribution in [2.24, 2.45) is 11.8 Å². The number of aromatic nitrogens is 3. The molecule has 0 radical (unpaired) electrons. The van der Waals surface area contributed by atoms with Crippen LogP contribution in [0.1, 0.15) is 25.7 Å². The number of nitrogens with zero attached hydrogens (tertiary/aromatic N) is 3. The zero-order valence-electron chi connectivity index (χ0n) is 9.71. The van der Waals surface area contributed by atoms with Gasteiger partial charge in [0.2, 0.25) is 0 Å². The molecular weight excluding hydrogens is 212 g/mol. The normalized spacial score (nSPS) is 20.1. The Kier molecular flexibility index (Phi) is 1.92. The average molecular weight is 228 g/mol. The third-order valence-electron chi connectivity index (χ3n) is 3.89. The standard InChI is InChI=1S/C13H16N4/c1-2-9(1)12(10-3-4-10)16-13-11-5-6-15-17(11)8-7-14-13/h5-10,12H,1-4H2,(H,14,16). The average Bonchev–Trinajstić information content (AvgIpc) is 3.25. The van der Waals surface area contributed by atoms with E-state index in [1.54, 1.807) is 0 Å². The monoisotopic (exact) mass is 228 g/mol. The molecule has 2 aliphatic carbocycles. The highest BCUT2D eigenvalue weighted by Gasteiger charge is 2.41. The second-order valence-electron chi connectivity index (χ2n) is 5.28. The smallest absolute Gasteiger partial charge is 0.152 e. The van der Waals surface area contributed by atoms with Crippen molar-refractivity contribution in [1.29, 1.82) is 0 Å². The Morgan fingerprint density at radius 1 is 1.18 bits per heavy atom. The second-order valence-corrected chi connectivity index (χ2v) is 5.28. The van der Waals surface area contributed by atoms with Gasteiger partial charge in [-0.3, -0.25) is 0 Å². The van der Waals surface area contributed by atoms with Gasteiger partial charge in [0.15, 0.2) is 5.82 Å². The van der Waals surface area contributed by atoms with E-state index >= 15 is 0 Å². The van der Waals surface area contributed by atoms with Crippen LogP contribution in [0.3, 0.4) is 0 Å². The first kappa shape index (κ1) is 9.45. The molecule has 4 rings (SSSR count). The minimum Gasteiger partial charge on any atom is -0.365 e. The van der Waals surface area contributed by atoms with E-state index in [1.165, 1.54) is 25.7 Å². The summed E-state index contributed by atoms with van der Waals surface area (Å²) in [5.41, 5.74) is 1.08. The SMILES string of the molecule is c1cn2nccc2c(NC(C2CC2)C2CC2)n1. The third-order valence-corrected chi connectivity index (χ3v) is 3.89. The lowest BCUT2D eigenvalue weighted by Crippen LogP contribution is -2.25. The van der Waals surface area contributed by atoms with E-state index in [0.29, 0.717) is 6.04 Å². The number of fused-ring (bicyclic) bond motifs is 1. The molecule has 0 aromatic carbocycles. The molecule has 4 heteroatoms. The molecule has 0 bridgehead atoms. The number of nitrogens with one attached hydrogen (secondary N) is 1. The predicted octanol–water partition coefficient (Wildman–Crippen LogP) is 2.33. The molecule has 0 atom stereocenters. The van der Waals surface area contributed by atoms with Crippen LogP contribution in [0.4, 0.5) is 5.82 Å². The molecule has 0 aliphatic heterocycles. The van der Waals surface area contributed by atoms with Crippen molar-refractivity contribution in [2.45, 2.75) is 31.7 Å². The molecule has 1 N–H and O–H groups in total. The van der Waals surface area contributed by atoms with Crippen LogP contribution in [-0.4, -0.2) is 20.6 Å². The Balaban J connectivity index is 1.66. The number of hydrogen-bond donors (Lipinski definition) is 1. The van der Waals surface area contributed by atoms with E-state index in [1.807, 2.05) is 29.2 Å². The minimum absolute atomic E-state index is 0.642. The van der Waals surface area contributed by atoms with Crippen molar-refractivity contribution >= 4 is 11.3 Å². The van der Waals surface area contributed by atoms with Gasteiger partial charge >= 0.3 is 0 Å². The molecule has 0 unspecified atom stereocenters. The van der Waals surface area contributed by atoms with Crippen LogP contribution >= 0.6 is 0 Å². The van der Waals surface area contributed by atoms with Gasteiger partial charge in [-0.25, -0.2) is 9.50 Å². The fraction of sp³-hybridized carbons (Fsp3) is 0.538.